The molecule has 3 fully saturated rings. The SMILES string of the molecule is C[C@H]1OCCN[C@@H]1C(=O)NC1CCN(C2CCCCC2)CC1. The van der Waals surface area contributed by atoms with Crippen LogP contribution < -0.4 is 10.6 Å². The highest BCUT2D eigenvalue weighted by molar-refractivity contribution is 5.82. The topological polar surface area (TPSA) is 53.6 Å². The Labute approximate surface area is 134 Å². The van der Waals surface area contributed by atoms with Crippen LogP contribution in [0.25, 0.3) is 0 Å². The standard InChI is InChI=1S/C17H31N3O2/c1-13-16(18-9-12-22-13)17(21)19-14-7-10-20(11-8-14)15-5-3-2-4-6-15/h13-16,18H,2-12H2,1H3,(H,19,21)/t13-,16+/m1/s1. The number of morpholine rings is 1. The van der Waals surface area contributed by atoms with Gasteiger partial charge < -0.3 is 20.3 Å². The van der Waals surface area contributed by atoms with Crippen LogP contribution in [0.15, 0.2) is 0 Å². The van der Waals surface area contributed by atoms with E-state index in [0.717, 1.165) is 38.5 Å². The molecule has 0 radical (unpaired) electrons. The van der Waals surface area contributed by atoms with Gasteiger partial charge in [0.2, 0.25) is 5.91 Å². The second-order valence-electron chi connectivity index (χ2n) is 7.12. The summed E-state index contributed by atoms with van der Waals surface area (Å²) in [6.45, 7) is 5.72. The van der Waals surface area contributed by atoms with Crippen LogP contribution in [0.2, 0.25) is 0 Å². The average Bonchev–Trinajstić information content (AvgIpc) is 2.57. The quantitative estimate of drug-likeness (QED) is 0.824. The van der Waals surface area contributed by atoms with Crippen LogP contribution in [0, 0.1) is 0 Å². The van der Waals surface area contributed by atoms with Crippen LogP contribution in [0.1, 0.15) is 51.9 Å². The smallest absolute Gasteiger partial charge is 0.240 e. The molecule has 2 atom stereocenters. The van der Waals surface area contributed by atoms with Crippen molar-refractivity contribution in [3.05, 3.63) is 0 Å². The van der Waals surface area contributed by atoms with Gasteiger partial charge in [-0.1, -0.05) is 19.3 Å². The van der Waals surface area contributed by atoms with E-state index in [1.165, 1.54) is 32.1 Å². The summed E-state index contributed by atoms with van der Waals surface area (Å²) in [6.07, 6.45) is 9.09. The number of rotatable bonds is 3. The Morgan fingerprint density at radius 1 is 1.14 bits per heavy atom. The predicted octanol–water partition coefficient (Wildman–Crippen LogP) is 1.28. The van der Waals surface area contributed by atoms with Gasteiger partial charge in [-0.3, -0.25) is 4.79 Å². The van der Waals surface area contributed by atoms with Crippen molar-refractivity contribution in [3.63, 3.8) is 0 Å². The van der Waals surface area contributed by atoms with Gasteiger partial charge in [0.05, 0.1) is 12.7 Å². The van der Waals surface area contributed by atoms with Gasteiger partial charge in [-0.25, -0.2) is 0 Å². The molecule has 5 nitrogen and oxygen atoms in total. The molecule has 0 unspecified atom stereocenters. The summed E-state index contributed by atoms with van der Waals surface area (Å²) in [6, 6.07) is 0.951. The zero-order chi connectivity index (χ0) is 15.4. The van der Waals surface area contributed by atoms with Crippen molar-refractivity contribution in [1.82, 2.24) is 15.5 Å². The van der Waals surface area contributed by atoms with E-state index in [1.807, 2.05) is 6.92 Å². The monoisotopic (exact) mass is 309 g/mol. The van der Waals surface area contributed by atoms with Crippen molar-refractivity contribution in [3.8, 4) is 0 Å². The van der Waals surface area contributed by atoms with Crippen LogP contribution in [0.3, 0.4) is 0 Å². The number of hydrogen-bond donors (Lipinski definition) is 2. The van der Waals surface area contributed by atoms with Gasteiger partial charge in [0.1, 0.15) is 6.04 Å². The molecule has 126 valence electrons. The van der Waals surface area contributed by atoms with Gasteiger partial charge in [-0.2, -0.15) is 0 Å². The number of carbonyl (C=O) groups is 1. The van der Waals surface area contributed by atoms with Crippen LogP contribution in [0.4, 0.5) is 0 Å². The Hall–Kier alpha value is -0.650. The Morgan fingerprint density at radius 3 is 2.55 bits per heavy atom. The molecule has 2 aliphatic heterocycles. The first-order valence-electron chi connectivity index (χ1n) is 9.13. The molecule has 3 aliphatic rings. The van der Waals surface area contributed by atoms with Crippen molar-refractivity contribution in [2.75, 3.05) is 26.2 Å². The van der Waals surface area contributed by atoms with Crippen molar-refractivity contribution >= 4 is 5.91 Å². The summed E-state index contributed by atoms with van der Waals surface area (Å²) < 4.78 is 5.57. The fourth-order valence-electron chi connectivity index (χ4n) is 4.17. The van der Waals surface area contributed by atoms with Gasteiger partial charge in [-0.15, -0.1) is 0 Å². The minimum atomic E-state index is -0.190. The van der Waals surface area contributed by atoms with E-state index in [9.17, 15) is 4.79 Å². The summed E-state index contributed by atoms with van der Waals surface area (Å²) in [4.78, 5) is 15.1. The first kappa shape index (κ1) is 16.2. The van der Waals surface area contributed by atoms with Crippen molar-refractivity contribution in [2.45, 2.75) is 76.1 Å². The molecule has 2 N–H and O–H groups in total. The fourth-order valence-corrected chi connectivity index (χ4v) is 4.17. The lowest BCUT2D eigenvalue weighted by molar-refractivity contribution is -0.130. The molecular formula is C17H31N3O2. The highest BCUT2D eigenvalue weighted by Gasteiger charge is 2.31. The van der Waals surface area contributed by atoms with Gasteiger partial charge >= 0.3 is 0 Å². The Morgan fingerprint density at radius 2 is 1.86 bits per heavy atom. The van der Waals surface area contributed by atoms with Crippen LogP contribution in [-0.4, -0.2) is 61.3 Å². The van der Waals surface area contributed by atoms with Crippen LogP contribution >= 0.6 is 0 Å². The predicted molar refractivity (Wildman–Crippen MR) is 86.8 cm³/mol. The third-order valence-corrected chi connectivity index (χ3v) is 5.57. The second-order valence-corrected chi connectivity index (χ2v) is 7.12. The molecule has 0 aromatic rings. The maximum absolute atomic E-state index is 12.4. The number of likely N-dealkylation sites (tertiary alicyclic amines) is 1. The number of nitrogens with zero attached hydrogens (tertiary/aromatic N) is 1. The molecule has 2 heterocycles. The first-order chi connectivity index (χ1) is 10.7. The molecule has 1 amide bonds. The van der Waals surface area contributed by atoms with Crippen LogP contribution in [0.5, 0.6) is 0 Å². The lowest BCUT2D eigenvalue weighted by Gasteiger charge is -2.40. The van der Waals surface area contributed by atoms with Crippen LogP contribution in [-0.2, 0) is 9.53 Å². The number of amides is 1. The van der Waals surface area contributed by atoms with E-state index in [1.54, 1.807) is 0 Å². The number of carbonyl (C=O) groups excluding carboxylic acids is 1. The zero-order valence-corrected chi connectivity index (χ0v) is 13.9. The fraction of sp³-hybridized carbons (Fsp3) is 0.941. The van der Waals surface area contributed by atoms with E-state index in [-0.39, 0.29) is 18.1 Å². The molecule has 3 rings (SSSR count). The second kappa shape index (κ2) is 7.75. The summed E-state index contributed by atoms with van der Waals surface area (Å²) in [7, 11) is 0. The van der Waals surface area contributed by atoms with E-state index < -0.39 is 0 Å². The summed E-state index contributed by atoms with van der Waals surface area (Å²) in [5, 5.41) is 6.51. The number of ether oxygens (including phenoxy) is 1. The third kappa shape index (κ3) is 4.00. The largest absolute Gasteiger partial charge is 0.375 e. The average molecular weight is 309 g/mol. The highest BCUT2D eigenvalue weighted by Crippen LogP contribution is 2.25. The van der Waals surface area contributed by atoms with Crippen molar-refractivity contribution in [1.29, 1.82) is 0 Å². The molecule has 1 saturated carbocycles. The number of nitrogens with one attached hydrogen (secondary N) is 2. The molecule has 0 bridgehead atoms. The van der Waals surface area contributed by atoms with Gasteiger partial charge in [0.25, 0.3) is 0 Å². The number of hydrogen-bond acceptors (Lipinski definition) is 4. The molecule has 2 saturated heterocycles. The molecular weight excluding hydrogens is 278 g/mol. The maximum Gasteiger partial charge on any atom is 0.240 e. The van der Waals surface area contributed by atoms with Crippen molar-refractivity contribution < 1.29 is 9.53 Å². The molecule has 0 spiro atoms. The molecule has 1 aliphatic carbocycles. The summed E-state index contributed by atoms with van der Waals surface area (Å²) in [5.41, 5.74) is 0. The summed E-state index contributed by atoms with van der Waals surface area (Å²) >= 11 is 0. The minimum Gasteiger partial charge on any atom is -0.375 e. The lowest BCUT2D eigenvalue weighted by Crippen LogP contribution is -2.58. The maximum atomic E-state index is 12.4. The van der Waals surface area contributed by atoms with Gasteiger partial charge in [-0.05, 0) is 32.6 Å². The summed E-state index contributed by atoms with van der Waals surface area (Å²) in [5.74, 6) is 0.114. The van der Waals surface area contributed by atoms with Gasteiger partial charge in [0, 0.05) is 31.7 Å². The van der Waals surface area contributed by atoms with Crippen molar-refractivity contribution in [2.24, 2.45) is 0 Å². The number of piperidine rings is 1. The van der Waals surface area contributed by atoms with Gasteiger partial charge in [0.15, 0.2) is 0 Å². The van der Waals surface area contributed by atoms with E-state index in [0.29, 0.717) is 12.6 Å². The highest BCUT2D eigenvalue weighted by atomic mass is 16.5. The Balaban J connectivity index is 1.42. The molecule has 0 aromatic heterocycles. The van der Waals surface area contributed by atoms with E-state index in [4.69, 9.17) is 4.74 Å². The zero-order valence-electron chi connectivity index (χ0n) is 13.9. The first-order valence-corrected chi connectivity index (χ1v) is 9.13. The van der Waals surface area contributed by atoms with E-state index >= 15 is 0 Å². The minimum absolute atomic E-state index is 0.0314. The molecule has 22 heavy (non-hydrogen) atoms. The Bertz CT molecular complexity index is 363. The Kier molecular flexibility index (Phi) is 5.71. The normalized spacial score (nSPS) is 32.8. The molecule has 5 heteroatoms. The third-order valence-electron chi connectivity index (χ3n) is 5.57. The lowest BCUT2D eigenvalue weighted by atomic mass is 9.92. The van der Waals surface area contributed by atoms with E-state index in [2.05, 4.69) is 15.5 Å². The molecule has 0 aromatic carbocycles.